The molecule has 0 radical (unpaired) electrons. The van der Waals surface area contributed by atoms with Gasteiger partial charge in [-0.05, 0) is 54.6 Å². The van der Waals surface area contributed by atoms with E-state index in [9.17, 15) is 0 Å². The van der Waals surface area contributed by atoms with Crippen LogP contribution in [0.15, 0.2) is 24.3 Å². The lowest BCUT2D eigenvalue weighted by Gasteiger charge is -2.30. The molecule has 0 aromatic heterocycles. The highest BCUT2D eigenvalue weighted by Crippen LogP contribution is 2.24. The molecule has 0 saturated heterocycles. The molecule has 3 heteroatoms. The molecular formula is C17H26N2S. The molecule has 1 aliphatic carbocycles. The topological polar surface area (TPSA) is 24.1 Å². The molecule has 1 aromatic carbocycles. The molecule has 1 saturated carbocycles. The first-order valence-electron chi connectivity index (χ1n) is 7.73. The first-order valence-corrected chi connectivity index (χ1v) is 8.14. The van der Waals surface area contributed by atoms with Gasteiger partial charge in [0.2, 0.25) is 0 Å². The molecule has 0 spiro atoms. The van der Waals surface area contributed by atoms with Crippen molar-refractivity contribution in [2.45, 2.75) is 58.4 Å². The minimum atomic E-state index is 0.525. The summed E-state index contributed by atoms with van der Waals surface area (Å²) < 4.78 is 0. The number of rotatable bonds is 3. The second-order valence-electron chi connectivity index (χ2n) is 6.25. The zero-order valence-electron chi connectivity index (χ0n) is 12.8. The van der Waals surface area contributed by atoms with Crippen LogP contribution in [0.2, 0.25) is 0 Å². The summed E-state index contributed by atoms with van der Waals surface area (Å²) >= 11 is 5.46. The Labute approximate surface area is 128 Å². The first kappa shape index (κ1) is 15.3. The molecule has 0 bridgehead atoms. The zero-order valence-corrected chi connectivity index (χ0v) is 13.6. The summed E-state index contributed by atoms with van der Waals surface area (Å²) in [5.74, 6) is 1.25. The van der Waals surface area contributed by atoms with Gasteiger partial charge in [-0.25, -0.2) is 0 Å². The minimum Gasteiger partial charge on any atom is -0.359 e. The van der Waals surface area contributed by atoms with Crippen LogP contribution in [0.25, 0.3) is 0 Å². The number of hydrogen-bond donors (Lipinski definition) is 2. The summed E-state index contributed by atoms with van der Waals surface area (Å²) in [6.07, 6.45) is 5.21. The van der Waals surface area contributed by atoms with Crippen LogP contribution in [0.4, 0.5) is 5.69 Å². The quantitative estimate of drug-likeness (QED) is 0.791. The third kappa shape index (κ3) is 4.20. The van der Waals surface area contributed by atoms with E-state index < -0.39 is 0 Å². The Bertz CT molecular complexity index is 456. The lowest BCUT2D eigenvalue weighted by molar-refractivity contribution is 0.309. The Morgan fingerprint density at radius 3 is 2.70 bits per heavy atom. The van der Waals surface area contributed by atoms with E-state index in [2.05, 4.69) is 55.7 Å². The summed E-state index contributed by atoms with van der Waals surface area (Å²) in [5, 5.41) is 7.57. The number of benzene rings is 1. The van der Waals surface area contributed by atoms with Crippen LogP contribution in [0.5, 0.6) is 0 Å². The monoisotopic (exact) mass is 290 g/mol. The van der Waals surface area contributed by atoms with Gasteiger partial charge in [-0.1, -0.05) is 45.7 Å². The highest BCUT2D eigenvalue weighted by Gasteiger charge is 2.21. The normalized spacial score (nSPS) is 22.6. The fraction of sp³-hybridized carbons (Fsp3) is 0.588. The Kier molecular flexibility index (Phi) is 5.41. The van der Waals surface area contributed by atoms with E-state index in [-0.39, 0.29) is 0 Å². The number of anilines is 1. The number of nitrogens with one attached hydrogen (secondary N) is 2. The summed E-state index contributed by atoms with van der Waals surface area (Å²) in [6.45, 7) is 6.73. The van der Waals surface area contributed by atoms with Crippen molar-refractivity contribution in [1.29, 1.82) is 0 Å². The molecule has 0 unspecified atom stereocenters. The Morgan fingerprint density at radius 2 is 2.00 bits per heavy atom. The maximum absolute atomic E-state index is 5.46. The van der Waals surface area contributed by atoms with E-state index in [0.29, 0.717) is 17.9 Å². The van der Waals surface area contributed by atoms with Gasteiger partial charge in [0.25, 0.3) is 0 Å². The van der Waals surface area contributed by atoms with Crippen molar-refractivity contribution >= 4 is 23.0 Å². The van der Waals surface area contributed by atoms with E-state index in [1.165, 1.54) is 31.2 Å². The van der Waals surface area contributed by atoms with Crippen molar-refractivity contribution in [3.05, 3.63) is 29.8 Å². The second kappa shape index (κ2) is 7.07. The first-order chi connectivity index (χ1) is 9.56. The van der Waals surface area contributed by atoms with Gasteiger partial charge in [0.15, 0.2) is 5.11 Å². The van der Waals surface area contributed by atoms with Crippen LogP contribution in [0.3, 0.4) is 0 Å². The van der Waals surface area contributed by atoms with Crippen LogP contribution in [0.1, 0.15) is 57.9 Å². The van der Waals surface area contributed by atoms with Crippen molar-refractivity contribution in [2.24, 2.45) is 5.92 Å². The summed E-state index contributed by atoms with van der Waals surface area (Å²) in [6, 6.07) is 9.03. The van der Waals surface area contributed by atoms with Gasteiger partial charge in [-0.15, -0.1) is 0 Å². The summed E-state index contributed by atoms with van der Waals surface area (Å²) in [7, 11) is 0. The van der Waals surface area contributed by atoms with Gasteiger partial charge >= 0.3 is 0 Å². The Morgan fingerprint density at radius 1 is 1.25 bits per heavy atom. The third-order valence-electron chi connectivity index (χ3n) is 4.24. The predicted octanol–water partition coefficient (Wildman–Crippen LogP) is 4.68. The lowest BCUT2D eigenvalue weighted by atomic mass is 9.86. The average Bonchev–Trinajstić information content (AvgIpc) is 2.41. The maximum atomic E-state index is 5.46. The van der Waals surface area contributed by atoms with Crippen LogP contribution >= 0.6 is 12.2 Å². The number of hydrogen-bond acceptors (Lipinski definition) is 1. The molecular weight excluding hydrogens is 264 g/mol. The van der Waals surface area contributed by atoms with Gasteiger partial charge in [0, 0.05) is 11.7 Å². The van der Waals surface area contributed by atoms with E-state index >= 15 is 0 Å². The fourth-order valence-corrected chi connectivity index (χ4v) is 3.11. The van der Waals surface area contributed by atoms with Gasteiger partial charge < -0.3 is 10.6 Å². The highest BCUT2D eigenvalue weighted by atomic mass is 32.1. The van der Waals surface area contributed by atoms with Crippen molar-refractivity contribution in [3.8, 4) is 0 Å². The van der Waals surface area contributed by atoms with Crippen molar-refractivity contribution < 1.29 is 0 Å². The standard InChI is InChI=1S/C17H26N2S/c1-12(2)14-8-6-9-15(11-14)18-17(20)19-16-10-5-4-7-13(16)3/h6,8-9,11-13,16H,4-5,7,10H2,1-3H3,(H2,18,19,20)/t13-,16-/m0/s1. The molecule has 2 nitrogen and oxygen atoms in total. The SMILES string of the molecule is CC(C)c1cccc(NC(=S)N[C@H]2CCCC[C@@H]2C)c1. The predicted molar refractivity (Wildman–Crippen MR) is 91.3 cm³/mol. The fourth-order valence-electron chi connectivity index (χ4n) is 2.84. The van der Waals surface area contributed by atoms with E-state index in [1.807, 2.05) is 0 Å². The molecule has 1 aromatic rings. The maximum Gasteiger partial charge on any atom is 0.171 e. The largest absolute Gasteiger partial charge is 0.359 e. The molecule has 0 amide bonds. The second-order valence-corrected chi connectivity index (χ2v) is 6.66. The zero-order chi connectivity index (χ0) is 14.5. The molecule has 1 fully saturated rings. The molecule has 2 rings (SSSR count). The van der Waals surface area contributed by atoms with Crippen LogP contribution in [-0.4, -0.2) is 11.2 Å². The summed E-state index contributed by atoms with van der Waals surface area (Å²) in [5.41, 5.74) is 2.42. The summed E-state index contributed by atoms with van der Waals surface area (Å²) in [4.78, 5) is 0. The smallest absolute Gasteiger partial charge is 0.171 e. The van der Waals surface area contributed by atoms with Gasteiger partial charge in [0.05, 0.1) is 0 Å². The molecule has 0 aliphatic heterocycles. The van der Waals surface area contributed by atoms with E-state index in [1.54, 1.807) is 0 Å². The molecule has 0 heterocycles. The van der Waals surface area contributed by atoms with Gasteiger partial charge in [-0.2, -0.15) is 0 Å². The van der Waals surface area contributed by atoms with Crippen LogP contribution < -0.4 is 10.6 Å². The molecule has 2 N–H and O–H groups in total. The van der Waals surface area contributed by atoms with Crippen molar-refractivity contribution in [1.82, 2.24) is 5.32 Å². The molecule has 20 heavy (non-hydrogen) atoms. The third-order valence-corrected chi connectivity index (χ3v) is 4.46. The van der Waals surface area contributed by atoms with Crippen molar-refractivity contribution in [3.63, 3.8) is 0 Å². The molecule has 1 aliphatic rings. The molecule has 110 valence electrons. The Hall–Kier alpha value is -1.09. The van der Waals surface area contributed by atoms with Crippen LogP contribution in [0, 0.1) is 5.92 Å². The van der Waals surface area contributed by atoms with Crippen molar-refractivity contribution in [2.75, 3.05) is 5.32 Å². The number of thiocarbonyl (C=S) groups is 1. The molecule has 2 atom stereocenters. The van der Waals surface area contributed by atoms with Gasteiger partial charge in [-0.3, -0.25) is 0 Å². The van der Waals surface area contributed by atoms with Gasteiger partial charge in [0.1, 0.15) is 0 Å². The highest BCUT2D eigenvalue weighted by molar-refractivity contribution is 7.80. The average molecular weight is 290 g/mol. The Balaban J connectivity index is 1.92. The van der Waals surface area contributed by atoms with E-state index in [4.69, 9.17) is 12.2 Å². The lowest BCUT2D eigenvalue weighted by Crippen LogP contribution is -2.43. The van der Waals surface area contributed by atoms with Crippen LogP contribution in [-0.2, 0) is 0 Å². The minimum absolute atomic E-state index is 0.525. The van der Waals surface area contributed by atoms with E-state index in [0.717, 1.165) is 10.8 Å².